The van der Waals surface area contributed by atoms with Gasteiger partial charge in [0.15, 0.2) is 17.4 Å². The van der Waals surface area contributed by atoms with E-state index in [4.69, 9.17) is 30.5 Å². The SMILES string of the molecule is CCOc1cc([C@@H](c2c[nH]c3ccccc23)C2C(=O)OC(C)(C)OC2=O)ccc1OCc1ccc(Cl)cc1. The first-order chi connectivity index (χ1) is 18.3. The lowest BCUT2D eigenvalue weighted by Gasteiger charge is -2.36. The van der Waals surface area contributed by atoms with Crippen LogP contribution in [0.25, 0.3) is 10.9 Å². The molecular weight excluding hydrogens is 506 g/mol. The van der Waals surface area contributed by atoms with Crippen molar-refractivity contribution in [3.63, 3.8) is 0 Å². The summed E-state index contributed by atoms with van der Waals surface area (Å²) in [5, 5.41) is 1.54. The Kier molecular flexibility index (Phi) is 7.04. The molecule has 0 unspecified atom stereocenters. The summed E-state index contributed by atoms with van der Waals surface area (Å²) in [6.07, 6.45) is 1.82. The molecule has 1 aliphatic heterocycles. The van der Waals surface area contributed by atoms with Gasteiger partial charge >= 0.3 is 11.9 Å². The number of carbonyl (C=O) groups excluding carboxylic acids is 2. The first-order valence-electron chi connectivity index (χ1n) is 12.4. The predicted octanol–water partition coefficient (Wildman–Crippen LogP) is 6.38. The fourth-order valence-electron chi connectivity index (χ4n) is 4.75. The predicted molar refractivity (Wildman–Crippen MR) is 143 cm³/mol. The molecule has 0 aliphatic carbocycles. The highest BCUT2D eigenvalue weighted by molar-refractivity contribution is 6.30. The Labute approximate surface area is 225 Å². The molecule has 8 heteroatoms. The van der Waals surface area contributed by atoms with Crippen molar-refractivity contribution in [2.45, 2.75) is 39.1 Å². The number of H-pyrrole nitrogens is 1. The number of fused-ring (bicyclic) bond motifs is 1. The van der Waals surface area contributed by atoms with E-state index in [0.717, 1.165) is 22.0 Å². The number of esters is 2. The number of para-hydroxylation sites is 1. The number of carbonyl (C=O) groups is 2. The molecule has 38 heavy (non-hydrogen) atoms. The first kappa shape index (κ1) is 25.7. The molecule has 1 fully saturated rings. The minimum atomic E-state index is -1.33. The van der Waals surface area contributed by atoms with Crippen molar-refractivity contribution in [2.24, 2.45) is 5.92 Å². The average molecular weight is 534 g/mol. The Morgan fingerprint density at radius 2 is 1.66 bits per heavy atom. The molecule has 1 atom stereocenters. The van der Waals surface area contributed by atoms with Crippen LogP contribution in [0.3, 0.4) is 0 Å². The van der Waals surface area contributed by atoms with Gasteiger partial charge in [0.05, 0.1) is 6.61 Å². The number of rotatable bonds is 8. The van der Waals surface area contributed by atoms with Crippen LogP contribution in [0.5, 0.6) is 11.5 Å². The van der Waals surface area contributed by atoms with Crippen LogP contribution >= 0.6 is 11.6 Å². The van der Waals surface area contributed by atoms with Gasteiger partial charge in [-0.2, -0.15) is 0 Å². The zero-order valence-corrected chi connectivity index (χ0v) is 22.1. The quantitative estimate of drug-likeness (QED) is 0.209. The molecule has 0 bridgehead atoms. The summed E-state index contributed by atoms with van der Waals surface area (Å²) in [5.74, 6) is -3.44. The van der Waals surface area contributed by atoms with E-state index in [0.29, 0.717) is 35.3 Å². The minimum Gasteiger partial charge on any atom is -0.490 e. The second-order valence-electron chi connectivity index (χ2n) is 9.54. The van der Waals surface area contributed by atoms with E-state index in [-0.39, 0.29) is 0 Å². The molecule has 196 valence electrons. The summed E-state index contributed by atoms with van der Waals surface area (Å²) < 4.78 is 23.0. The molecule has 0 spiro atoms. The van der Waals surface area contributed by atoms with E-state index in [1.165, 1.54) is 0 Å². The van der Waals surface area contributed by atoms with Crippen molar-refractivity contribution in [3.05, 3.63) is 94.6 Å². The van der Waals surface area contributed by atoms with E-state index < -0.39 is 29.6 Å². The zero-order valence-electron chi connectivity index (χ0n) is 21.3. The van der Waals surface area contributed by atoms with Crippen LogP contribution in [-0.2, 0) is 25.7 Å². The Hall–Kier alpha value is -3.97. The Morgan fingerprint density at radius 3 is 2.37 bits per heavy atom. The van der Waals surface area contributed by atoms with Crippen molar-refractivity contribution < 1.29 is 28.5 Å². The number of cyclic esters (lactones) is 2. The third-order valence-electron chi connectivity index (χ3n) is 6.42. The van der Waals surface area contributed by atoms with Gasteiger partial charge in [0.2, 0.25) is 0 Å². The standard InChI is InChI=1S/C30H28ClNO6/c1-4-35-25-15-19(11-14-24(25)36-17-18-9-12-20(31)13-10-18)26(22-16-32-23-8-6-5-7-21(22)23)27-28(33)37-30(2,3)38-29(27)34/h5-16,26-27,32H,4,17H2,1-3H3/t26-/m0/s1. The highest BCUT2D eigenvalue weighted by Gasteiger charge is 2.48. The molecule has 7 nitrogen and oxygen atoms in total. The lowest BCUT2D eigenvalue weighted by atomic mass is 9.80. The van der Waals surface area contributed by atoms with Gasteiger partial charge in [-0.3, -0.25) is 9.59 Å². The molecule has 2 heterocycles. The van der Waals surface area contributed by atoms with Crippen LogP contribution in [-0.4, -0.2) is 29.3 Å². The van der Waals surface area contributed by atoms with Crippen molar-refractivity contribution >= 4 is 34.4 Å². The number of ether oxygens (including phenoxy) is 4. The summed E-state index contributed by atoms with van der Waals surface area (Å²) in [6.45, 7) is 5.68. The van der Waals surface area contributed by atoms with Gasteiger partial charge in [0.1, 0.15) is 6.61 Å². The molecule has 1 aromatic heterocycles. The van der Waals surface area contributed by atoms with Gasteiger partial charge in [0, 0.05) is 41.9 Å². The Bertz CT molecular complexity index is 1460. The van der Waals surface area contributed by atoms with Gasteiger partial charge in [-0.1, -0.05) is 48.0 Å². The van der Waals surface area contributed by atoms with Crippen LogP contribution in [0, 0.1) is 5.92 Å². The second kappa shape index (κ2) is 10.4. The summed E-state index contributed by atoms with van der Waals surface area (Å²) in [7, 11) is 0. The summed E-state index contributed by atoms with van der Waals surface area (Å²) in [6, 6.07) is 20.6. The monoisotopic (exact) mass is 533 g/mol. The number of aromatic nitrogens is 1. The Morgan fingerprint density at radius 1 is 0.947 bits per heavy atom. The largest absolute Gasteiger partial charge is 0.490 e. The van der Waals surface area contributed by atoms with Crippen molar-refractivity contribution in [2.75, 3.05) is 6.61 Å². The summed E-state index contributed by atoms with van der Waals surface area (Å²) in [5.41, 5.74) is 3.30. The van der Waals surface area contributed by atoms with Crippen LogP contribution in [0.1, 0.15) is 43.4 Å². The molecule has 0 saturated carbocycles. The van der Waals surface area contributed by atoms with Gasteiger partial charge in [0.25, 0.3) is 5.79 Å². The normalized spacial score (nSPS) is 16.1. The van der Waals surface area contributed by atoms with Gasteiger partial charge in [-0.15, -0.1) is 0 Å². The lowest BCUT2D eigenvalue weighted by Crippen LogP contribution is -2.48. The highest BCUT2D eigenvalue weighted by Crippen LogP contribution is 2.43. The molecule has 0 radical (unpaired) electrons. The van der Waals surface area contributed by atoms with Crippen LogP contribution in [0.15, 0.2) is 72.9 Å². The molecule has 3 aromatic carbocycles. The van der Waals surface area contributed by atoms with Crippen LogP contribution in [0.4, 0.5) is 0 Å². The minimum absolute atomic E-state index is 0.318. The van der Waals surface area contributed by atoms with Gasteiger partial charge in [-0.25, -0.2) is 0 Å². The van der Waals surface area contributed by atoms with Crippen molar-refractivity contribution in [1.82, 2.24) is 4.98 Å². The third-order valence-corrected chi connectivity index (χ3v) is 6.68. The molecule has 4 aromatic rings. The molecule has 1 saturated heterocycles. The van der Waals surface area contributed by atoms with Crippen molar-refractivity contribution in [3.8, 4) is 11.5 Å². The number of hydrogen-bond donors (Lipinski definition) is 1. The molecule has 5 rings (SSSR count). The molecule has 1 N–H and O–H groups in total. The third kappa shape index (κ3) is 5.20. The number of halogens is 1. The topological polar surface area (TPSA) is 86.9 Å². The van der Waals surface area contributed by atoms with E-state index in [1.807, 2.05) is 73.8 Å². The number of aromatic amines is 1. The Balaban J connectivity index is 1.56. The smallest absolute Gasteiger partial charge is 0.324 e. The maximum atomic E-state index is 13.2. The number of nitrogens with one attached hydrogen (secondary N) is 1. The van der Waals surface area contributed by atoms with E-state index >= 15 is 0 Å². The van der Waals surface area contributed by atoms with Gasteiger partial charge in [-0.05, 0) is 53.9 Å². The van der Waals surface area contributed by atoms with Gasteiger partial charge < -0.3 is 23.9 Å². The van der Waals surface area contributed by atoms with Crippen LogP contribution in [0.2, 0.25) is 5.02 Å². The molecule has 0 amide bonds. The van der Waals surface area contributed by atoms with Crippen molar-refractivity contribution in [1.29, 1.82) is 0 Å². The number of benzene rings is 3. The van der Waals surface area contributed by atoms with E-state index in [1.54, 1.807) is 19.9 Å². The molecular formula is C30H28ClNO6. The fraction of sp³-hybridized carbons (Fsp3) is 0.267. The maximum Gasteiger partial charge on any atom is 0.324 e. The average Bonchev–Trinajstić information content (AvgIpc) is 3.30. The summed E-state index contributed by atoms with van der Waals surface area (Å²) in [4.78, 5) is 29.7. The highest BCUT2D eigenvalue weighted by atomic mass is 35.5. The zero-order chi connectivity index (χ0) is 26.9. The molecule has 1 aliphatic rings. The lowest BCUT2D eigenvalue weighted by molar-refractivity contribution is -0.240. The van der Waals surface area contributed by atoms with Crippen LogP contribution < -0.4 is 9.47 Å². The summed E-state index contributed by atoms with van der Waals surface area (Å²) >= 11 is 5.99. The number of hydrogen-bond acceptors (Lipinski definition) is 6. The fourth-order valence-corrected chi connectivity index (χ4v) is 4.88. The second-order valence-corrected chi connectivity index (χ2v) is 9.98. The van der Waals surface area contributed by atoms with E-state index in [9.17, 15) is 9.59 Å². The first-order valence-corrected chi connectivity index (χ1v) is 12.8. The van der Waals surface area contributed by atoms with E-state index in [2.05, 4.69) is 4.98 Å². The maximum absolute atomic E-state index is 13.2.